The molecule has 0 amide bonds. The maximum atomic E-state index is 12.7. The molecule has 0 aliphatic carbocycles. The summed E-state index contributed by atoms with van der Waals surface area (Å²) in [7, 11) is 0. The normalized spacial score (nSPS) is 13.3. The first-order valence-corrected chi connectivity index (χ1v) is 23.6. The smallest absolute Gasteiger partial charge is 0.306 e. The van der Waals surface area contributed by atoms with Crippen molar-refractivity contribution in [2.75, 3.05) is 19.7 Å². The van der Waals surface area contributed by atoms with E-state index in [0.717, 1.165) is 109 Å². The molecular formula is C47H93NO5. The number of aliphatic hydroxyl groups excluding tert-OH is 1. The summed E-state index contributed by atoms with van der Waals surface area (Å²) in [6.45, 7) is 13.3. The molecule has 0 aliphatic rings. The first-order chi connectivity index (χ1) is 25.9. The molecule has 0 fully saturated rings. The van der Waals surface area contributed by atoms with Crippen LogP contribution in [0.5, 0.6) is 0 Å². The highest BCUT2D eigenvalue weighted by atomic mass is 16.5. The van der Waals surface area contributed by atoms with Gasteiger partial charge in [0, 0.05) is 18.9 Å². The largest absolute Gasteiger partial charge is 0.462 e. The van der Waals surface area contributed by atoms with Crippen molar-refractivity contribution in [3.8, 4) is 0 Å². The second-order valence-corrected chi connectivity index (χ2v) is 16.4. The van der Waals surface area contributed by atoms with Crippen molar-refractivity contribution in [1.29, 1.82) is 0 Å². The molecule has 0 heterocycles. The van der Waals surface area contributed by atoms with E-state index in [1.807, 2.05) is 0 Å². The lowest BCUT2D eigenvalue weighted by Gasteiger charge is -2.27. The number of hydrogen-bond donors (Lipinski definition) is 1. The van der Waals surface area contributed by atoms with Crippen LogP contribution in [0, 0.1) is 0 Å². The Hall–Kier alpha value is -1.14. The predicted molar refractivity (Wildman–Crippen MR) is 228 cm³/mol. The lowest BCUT2D eigenvalue weighted by Crippen LogP contribution is -2.37. The summed E-state index contributed by atoms with van der Waals surface area (Å²) < 4.78 is 11.9. The van der Waals surface area contributed by atoms with Gasteiger partial charge in [0.1, 0.15) is 12.2 Å². The lowest BCUT2D eigenvalue weighted by molar-refractivity contribution is -0.151. The van der Waals surface area contributed by atoms with Crippen LogP contribution in [0.3, 0.4) is 0 Å². The Morgan fingerprint density at radius 2 is 0.755 bits per heavy atom. The topological polar surface area (TPSA) is 76.1 Å². The third kappa shape index (κ3) is 35.0. The highest BCUT2D eigenvalue weighted by Gasteiger charge is 2.16. The molecule has 0 aromatic heterocycles. The molecule has 0 aromatic carbocycles. The van der Waals surface area contributed by atoms with Crippen LogP contribution in [0.15, 0.2) is 0 Å². The van der Waals surface area contributed by atoms with E-state index in [4.69, 9.17) is 9.47 Å². The molecule has 0 aromatic rings. The van der Waals surface area contributed by atoms with Gasteiger partial charge in [0.15, 0.2) is 0 Å². The van der Waals surface area contributed by atoms with E-state index >= 15 is 0 Å². The molecule has 0 spiro atoms. The number of hydrogen-bond acceptors (Lipinski definition) is 6. The fourth-order valence-corrected chi connectivity index (χ4v) is 7.51. The monoisotopic (exact) mass is 752 g/mol. The van der Waals surface area contributed by atoms with Gasteiger partial charge in [0.25, 0.3) is 0 Å². The van der Waals surface area contributed by atoms with Crippen molar-refractivity contribution in [3.05, 3.63) is 0 Å². The number of unbranched alkanes of at least 4 members (excludes halogenated alkanes) is 22. The number of carbonyl (C=O) groups is 2. The highest BCUT2D eigenvalue weighted by molar-refractivity contribution is 5.69. The van der Waals surface area contributed by atoms with E-state index in [-0.39, 0.29) is 36.8 Å². The summed E-state index contributed by atoms with van der Waals surface area (Å²) in [6, 6.07) is 0.183. The Bertz CT molecular complexity index is 776. The van der Waals surface area contributed by atoms with Gasteiger partial charge in [-0.3, -0.25) is 14.5 Å². The summed E-state index contributed by atoms with van der Waals surface area (Å²) in [4.78, 5) is 27.6. The van der Waals surface area contributed by atoms with Crippen LogP contribution < -0.4 is 0 Å². The molecule has 0 saturated carbocycles. The molecule has 0 bridgehead atoms. The number of rotatable bonds is 42. The van der Waals surface area contributed by atoms with E-state index in [1.165, 1.54) is 109 Å². The summed E-state index contributed by atoms with van der Waals surface area (Å²) in [5.74, 6) is 0.00471. The average molecular weight is 752 g/mol. The lowest BCUT2D eigenvalue weighted by atomic mass is 10.0. The number of nitrogens with zero attached hydrogens (tertiary/aromatic N) is 1. The van der Waals surface area contributed by atoms with E-state index in [1.54, 1.807) is 0 Å². The molecular weight excluding hydrogens is 659 g/mol. The second kappa shape index (κ2) is 40.5. The zero-order valence-corrected chi connectivity index (χ0v) is 36.4. The molecule has 53 heavy (non-hydrogen) atoms. The maximum absolute atomic E-state index is 12.7. The fourth-order valence-electron chi connectivity index (χ4n) is 7.51. The van der Waals surface area contributed by atoms with Crippen molar-refractivity contribution in [1.82, 2.24) is 4.90 Å². The molecule has 6 nitrogen and oxygen atoms in total. The van der Waals surface area contributed by atoms with Gasteiger partial charge in [0.05, 0.1) is 6.61 Å². The van der Waals surface area contributed by atoms with Crippen molar-refractivity contribution in [2.45, 2.75) is 271 Å². The van der Waals surface area contributed by atoms with E-state index < -0.39 is 0 Å². The van der Waals surface area contributed by atoms with Crippen LogP contribution in [0.2, 0.25) is 0 Å². The van der Waals surface area contributed by atoms with E-state index in [9.17, 15) is 14.7 Å². The van der Waals surface area contributed by atoms with Gasteiger partial charge in [-0.15, -0.1) is 0 Å². The molecule has 0 radical (unpaired) electrons. The Kier molecular flexibility index (Phi) is 39.6. The van der Waals surface area contributed by atoms with Crippen molar-refractivity contribution in [2.24, 2.45) is 0 Å². The van der Waals surface area contributed by atoms with Crippen LogP contribution in [0.1, 0.15) is 253 Å². The zero-order valence-electron chi connectivity index (χ0n) is 36.4. The molecule has 0 rings (SSSR count). The van der Waals surface area contributed by atoms with Crippen molar-refractivity contribution in [3.63, 3.8) is 0 Å². The molecule has 0 aliphatic heterocycles. The Labute approximate surface area is 331 Å². The number of carbonyl (C=O) groups excluding carboxylic acids is 2. The van der Waals surface area contributed by atoms with Gasteiger partial charge in [-0.05, 0) is 90.6 Å². The SMILES string of the molecule is CCCCCCCCC(CCC)OC(=O)CCCCCCCN(CCCCCCCC(=O)OC(CCCCCCC)CCCCCCCC)C(C)CO. The molecule has 3 atom stereocenters. The maximum Gasteiger partial charge on any atom is 0.306 e. The van der Waals surface area contributed by atoms with Crippen LogP contribution in [-0.4, -0.2) is 59.9 Å². The Morgan fingerprint density at radius 3 is 1.11 bits per heavy atom. The predicted octanol–water partition coefficient (Wildman–Crippen LogP) is 13.8. The van der Waals surface area contributed by atoms with Crippen LogP contribution in [-0.2, 0) is 19.1 Å². The number of ether oxygens (including phenoxy) is 2. The third-order valence-corrected chi connectivity index (χ3v) is 11.1. The van der Waals surface area contributed by atoms with Crippen molar-refractivity contribution >= 4 is 11.9 Å². The minimum Gasteiger partial charge on any atom is -0.462 e. The molecule has 6 heteroatoms. The second-order valence-electron chi connectivity index (χ2n) is 16.4. The van der Waals surface area contributed by atoms with Gasteiger partial charge in [0.2, 0.25) is 0 Å². The summed E-state index contributed by atoms with van der Waals surface area (Å²) in [6.07, 6.45) is 39.0. The number of esters is 2. The first kappa shape index (κ1) is 51.9. The zero-order chi connectivity index (χ0) is 39.0. The molecule has 3 unspecified atom stereocenters. The Balaban J connectivity index is 4.17. The van der Waals surface area contributed by atoms with E-state index in [0.29, 0.717) is 12.8 Å². The van der Waals surface area contributed by atoms with Gasteiger partial charge in [-0.25, -0.2) is 0 Å². The van der Waals surface area contributed by atoms with Gasteiger partial charge in [-0.1, -0.05) is 163 Å². The number of aliphatic hydroxyl groups is 1. The van der Waals surface area contributed by atoms with Crippen LogP contribution in [0.4, 0.5) is 0 Å². The summed E-state index contributed by atoms with van der Waals surface area (Å²) in [5.41, 5.74) is 0. The van der Waals surface area contributed by atoms with Crippen LogP contribution >= 0.6 is 0 Å². The highest BCUT2D eigenvalue weighted by Crippen LogP contribution is 2.19. The molecule has 1 N–H and O–H groups in total. The minimum atomic E-state index is -0.00625. The standard InChI is InChI=1S/C47H93NO5/c1-6-10-13-16-21-28-35-44(34-9-4)52-46(50)38-30-23-18-25-32-40-48(43(5)42-49)41-33-26-19-24-31-39-47(51)53-45(36-27-20-15-12-8-3)37-29-22-17-14-11-7-2/h43-45,49H,6-42H2,1-5H3. The molecule has 0 saturated heterocycles. The minimum absolute atomic E-state index is 0.00625. The fraction of sp³-hybridized carbons (Fsp3) is 0.957. The quantitative estimate of drug-likeness (QED) is 0.0494. The van der Waals surface area contributed by atoms with Gasteiger partial charge in [-0.2, -0.15) is 0 Å². The third-order valence-electron chi connectivity index (χ3n) is 11.1. The average Bonchev–Trinajstić information content (AvgIpc) is 3.15. The van der Waals surface area contributed by atoms with Crippen molar-refractivity contribution < 1.29 is 24.2 Å². The van der Waals surface area contributed by atoms with Crippen LogP contribution in [0.25, 0.3) is 0 Å². The van der Waals surface area contributed by atoms with Gasteiger partial charge >= 0.3 is 11.9 Å². The first-order valence-electron chi connectivity index (χ1n) is 23.6. The Morgan fingerprint density at radius 1 is 0.434 bits per heavy atom. The summed E-state index contributed by atoms with van der Waals surface area (Å²) >= 11 is 0. The van der Waals surface area contributed by atoms with E-state index in [2.05, 4.69) is 39.5 Å². The summed E-state index contributed by atoms with van der Waals surface area (Å²) in [5, 5.41) is 9.85. The molecule has 316 valence electrons. The van der Waals surface area contributed by atoms with Gasteiger partial charge < -0.3 is 14.6 Å².